The monoisotopic (exact) mass is 313 g/mol. The quantitative estimate of drug-likeness (QED) is 0.793. The van der Waals surface area contributed by atoms with Crippen molar-refractivity contribution in [2.24, 2.45) is 0 Å². The first kappa shape index (κ1) is 14.9. The molecule has 1 aromatic carbocycles. The molecule has 2 atom stereocenters. The van der Waals surface area contributed by atoms with E-state index in [2.05, 4.69) is 5.32 Å². The Labute approximate surface area is 119 Å². The molecule has 0 bridgehead atoms. The van der Waals surface area contributed by atoms with Gasteiger partial charge in [-0.15, -0.1) is 12.4 Å². The fraction of sp³-hybridized carbons (Fsp3) is 0.500. The number of rotatable bonds is 0. The van der Waals surface area contributed by atoms with Crippen LogP contribution in [0.3, 0.4) is 0 Å². The summed E-state index contributed by atoms with van der Waals surface area (Å²) in [6, 6.07) is 2.62. The minimum Gasteiger partial charge on any atom is -0.372 e. The first-order valence-electron chi connectivity index (χ1n) is 5.68. The summed E-state index contributed by atoms with van der Waals surface area (Å²) in [6.45, 7) is 1.32. The normalized spacial score (nSPS) is 25.5. The lowest BCUT2D eigenvalue weighted by Gasteiger charge is -2.30. The van der Waals surface area contributed by atoms with Crippen LogP contribution in [0.2, 0.25) is 5.02 Å². The van der Waals surface area contributed by atoms with Crippen molar-refractivity contribution in [1.82, 2.24) is 5.32 Å². The zero-order valence-corrected chi connectivity index (χ0v) is 11.3. The standard InChI is InChI=1S/C12H11ClF3NO.ClH/c13-6-1-7-8-3-17-4-11(8)18-5-9(7)10(2-6)12(14,15)16;/h1-2,8,11,17H,3-5H2;1H/t8-,11-;/m1./s1. The molecule has 0 radical (unpaired) electrons. The fourth-order valence-electron chi connectivity index (χ4n) is 2.73. The predicted molar refractivity (Wildman–Crippen MR) is 67.9 cm³/mol. The Hall–Kier alpha value is -0.490. The first-order valence-corrected chi connectivity index (χ1v) is 6.06. The van der Waals surface area contributed by atoms with E-state index >= 15 is 0 Å². The molecule has 1 aromatic rings. The summed E-state index contributed by atoms with van der Waals surface area (Å²) in [5.41, 5.74) is 0.239. The van der Waals surface area contributed by atoms with E-state index in [1.807, 2.05) is 0 Å². The highest BCUT2D eigenvalue weighted by Gasteiger charge is 2.41. The maximum atomic E-state index is 13.0. The largest absolute Gasteiger partial charge is 0.416 e. The van der Waals surface area contributed by atoms with E-state index in [4.69, 9.17) is 16.3 Å². The molecule has 0 spiro atoms. The average Bonchev–Trinajstić information content (AvgIpc) is 2.74. The third-order valence-electron chi connectivity index (χ3n) is 3.55. The molecule has 0 aromatic heterocycles. The molecule has 1 fully saturated rings. The zero-order chi connectivity index (χ0) is 12.9. The predicted octanol–water partition coefficient (Wildman–Crippen LogP) is 3.37. The maximum Gasteiger partial charge on any atom is 0.416 e. The molecule has 1 N–H and O–H groups in total. The maximum absolute atomic E-state index is 13.0. The van der Waals surface area contributed by atoms with Gasteiger partial charge in [0.25, 0.3) is 0 Å². The molecule has 1 saturated heterocycles. The van der Waals surface area contributed by atoms with E-state index in [1.54, 1.807) is 6.07 Å². The van der Waals surface area contributed by atoms with Gasteiger partial charge in [0.15, 0.2) is 0 Å². The van der Waals surface area contributed by atoms with E-state index in [0.29, 0.717) is 18.7 Å². The number of alkyl halides is 3. The fourth-order valence-corrected chi connectivity index (χ4v) is 2.96. The highest BCUT2D eigenvalue weighted by Crippen LogP contribution is 2.42. The number of nitrogens with one attached hydrogen (secondary N) is 1. The molecule has 0 saturated carbocycles. The Kier molecular flexibility index (Phi) is 4.02. The van der Waals surface area contributed by atoms with Crippen molar-refractivity contribution < 1.29 is 17.9 Å². The van der Waals surface area contributed by atoms with Crippen LogP contribution in [0.1, 0.15) is 22.6 Å². The van der Waals surface area contributed by atoms with Gasteiger partial charge in [-0.25, -0.2) is 0 Å². The van der Waals surface area contributed by atoms with E-state index in [-0.39, 0.29) is 41.6 Å². The minimum absolute atomic E-state index is 0. The van der Waals surface area contributed by atoms with Gasteiger partial charge in [-0.05, 0) is 23.3 Å². The molecule has 7 heteroatoms. The number of benzene rings is 1. The van der Waals surface area contributed by atoms with Crippen LogP contribution in [0.15, 0.2) is 12.1 Å². The van der Waals surface area contributed by atoms with Crippen LogP contribution < -0.4 is 5.32 Å². The lowest BCUT2D eigenvalue weighted by atomic mass is 9.87. The summed E-state index contributed by atoms with van der Waals surface area (Å²) in [7, 11) is 0. The summed E-state index contributed by atoms with van der Waals surface area (Å²) in [5, 5.41) is 3.27. The van der Waals surface area contributed by atoms with Gasteiger partial charge in [0, 0.05) is 24.0 Å². The smallest absolute Gasteiger partial charge is 0.372 e. The summed E-state index contributed by atoms with van der Waals surface area (Å²) in [6.07, 6.45) is -4.44. The molecule has 2 aliphatic rings. The number of fused-ring (bicyclic) bond motifs is 3. The third kappa shape index (κ3) is 2.57. The topological polar surface area (TPSA) is 21.3 Å². The second-order valence-electron chi connectivity index (χ2n) is 4.63. The Morgan fingerprint density at radius 3 is 2.68 bits per heavy atom. The Bertz CT molecular complexity index is 493. The van der Waals surface area contributed by atoms with Gasteiger partial charge in [-0.3, -0.25) is 0 Å². The van der Waals surface area contributed by atoms with Gasteiger partial charge < -0.3 is 10.1 Å². The number of hydrogen-bond acceptors (Lipinski definition) is 2. The Morgan fingerprint density at radius 1 is 1.26 bits per heavy atom. The molecular formula is C12H12Cl2F3NO. The molecule has 0 amide bonds. The molecule has 106 valence electrons. The van der Waals surface area contributed by atoms with Crippen LogP contribution in [-0.4, -0.2) is 19.2 Å². The molecule has 2 aliphatic heterocycles. The lowest BCUT2D eigenvalue weighted by Crippen LogP contribution is -2.28. The number of halogens is 5. The minimum atomic E-state index is -4.39. The van der Waals surface area contributed by atoms with E-state index in [1.165, 1.54) is 0 Å². The number of ether oxygens (including phenoxy) is 1. The van der Waals surface area contributed by atoms with E-state index < -0.39 is 11.7 Å². The van der Waals surface area contributed by atoms with Gasteiger partial charge in [-0.1, -0.05) is 11.6 Å². The summed E-state index contributed by atoms with van der Waals surface area (Å²) >= 11 is 5.82. The van der Waals surface area contributed by atoms with Crippen LogP contribution >= 0.6 is 24.0 Å². The third-order valence-corrected chi connectivity index (χ3v) is 3.77. The van der Waals surface area contributed by atoms with Crippen LogP contribution in [0.25, 0.3) is 0 Å². The van der Waals surface area contributed by atoms with Crippen LogP contribution in [0.4, 0.5) is 13.2 Å². The summed E-state index contributed by atoms with van der Waals surface area (Å²) in [4.78, 5) is 0. The van der Waals surface area contributed by atoms with Gasteiger partial charge in [0.1, 0.15) is 0 Å². The molecule has 19 heavy (non-hydrogen) atoms. The van der Waals surface area contributed by atoms with Gasteiger partial charge >= 0.3 is 6.18 Å². The molecule has 2 heterocycles. The lowest BCUT2D eigenvalue weighted by molar-refractivity contribution is -0.139. The molecule has 2 nitrogen and oxygen atoms in total. The molecule has 0 unspecified atom stereocenters. The van der Waals surface area contributed by atoms with Crippen LogP contribution in [0, 0.1) is 0 Å². The van der Waals surface area contributed by atoms with Crippen molar-refractivity contribution in [3.8, 4) is 0 Å². The molecule has 3 rings (SSSR count). The molecular weight excluding hydrogens is 302 g/mol. The van der Waals surface area contributed by atoms with E-state index in [9.17, 15) is 13.2 Å². The second-order valence-corrected chi connectivity index (χ2v) is 5.07. The number of hydrogen-bond donors (Lipinski definition) is 1. The first-order chi connectivity index (χ1) is 8.47. The highest BCUT2D eigenvalue weighted by molar-refractivity contribution is 6.30. The van der Waals surface area contributed by atoms with Crippen molar-refractivity contribution in [2.45, 2.75) is 24.8 Å². The van der Waals surface area contributed by atoms with Gasteiger partial charge in [-0.2, -0.15) is 13.2 Å². The summed E-state index contributed by atoms with van der Waals surface area (Å²) < 4.78 is 44.4. The molecule has 0 aliphatic carbocycles. The van der Waals surface area contributed by atoms with Gasteiger partial charge in [0.05, 0.1) is 18.3 Å². The summed E-state index contributed by atoms with van der Waals surface area (Å²) in [5.74, 6) is -0.0338. The van der Waals surface area contributed by atoms with Crippen molar-refractivity contribution in [3.05, 3.63) is 33.8 Å². The van der Waals surface area contributed by atoms with Crippen molar-refractivity contribution >= 4 is 24.0 Å². The Morgan fingerprint density at radius 2 is 2.00 bits per heavy atom. The Balaban J connectivity index is 0.00000133. The zero-order valence-electron chi connectivity index (χ0n) is 9.76. The SMILES string of the molecule is Cl.FC(F)(F)c1cc(Cl)cc2c1CO[C@@H]1CNC[C@H]21. The van der Waals surface area contributed by atoms with Crippen molar-refractivity contribution in [3.63, 3.8) is 0 Å². The van der Waals surface area contributed by atoms with E-state index in [0.717, 1.165) is 6.07 Å². The van der Waals surface area contributed by atoms with Crippen molar-refractivity contribution in [1.29, 1.82) is 0 Å². The van der Waals surface area contributed by atoms with Gasteiger partial charge in [0.2, 0.25) is 0 Å². The highest BCUT2D eigenvalue weighted by atomic mass is 35.5. The average molecular weight is 314 g/mol. The van der Waals surface area contributed by atoms with Crippen LogP contribution in [0.5, 0.6) is 0 Å². The van der Waals surface area contributed by atoms with Crippen LogP contribution in [-0.2, 0) is 17.5 Å². The second kappa shape index (κ2) is 5.13. The van der Waals surface area contributed by atoms with Crippen molar-refractivity contribution in [2.75, 3.05) is 13.1 Å².